The number of hydrogen-bond donors (Lipinski definition) is 0. The van der Waals surface area contributed by atoms with E-state index in [9.17, 15) is 9.18 Å². The van der Waals surface area contributed by atoms with E-state index in [0.29, 0.717) is 17.6 Å². The minimum atomic E-state index is -0.486. The predicted octanol–water partition coefficient (Wildman–Crippen LogP) is 3.96. The van der Waals surface area contributed by atoms with E-state index in [2.05, 4.69) is 20.8 Å². The van der Waals surface area contributed by atoms with Gasteiger partial charge < -0.3 is 9.64 Å². The molecule has 1 fully saturated rings. The summed E-state index contributed by atoms with van der Waals surface area (Å²) in [5, 5.41) is 0.728. The quantitative estimate of drug-likeness (QED) is 0.704. The zero-order valence-corrected chi connectivity index (χ0v) is 16.5. The molecule has 1 amide bonds. The number of halogens is 3. The van der Waals surface area contributed by atoms with E-state index in [1.54, 1.807) is 11.0 Å². The second kappa shape index (κ2) is 8.84. The lowest BCUT2D eigenvalue weighted by Crippen LogP contribution is -2.49. The zero-order valence-electron chi connectivity index (χ0n) is 14.1. The Balaban J connectivity index is 1.45. The van der Waals surface area contributed by atoms with Crippen LogP contribution >= 0.6 is 27.5 Å². The van der Waals surface area contributed by atoms with Crippen molar-refractivity contribution in [3.63, 3.8) is 0 Å². The Hall–Kier alpha value is -1.63. The Kier molecular flexibility index (Phi) is 6.51. The van der Waals surface area contributed by atoms with Gasteiger partial charge in [0.2, 0.25) is 0 Å². The van der Waals surface area contributed by atoms with Crippen molar-refractivity contribution < 1.29 is 13.9 Å². The third-order valence-corrected chi connectivity index (χ3v) is 5.03. The molecule has 26 heavy (non-hydrogen) atoms. The van der Waals surface area contributed by atoms with Gasteiger partial charge in [0.1, 0.15) is 0 Å². The third-order valence-electron chi connectivity index (χ3n) is 4.29. The van der Waals surface area contributed by atoms with Gasteiger partial charge >= 0.3 is 0 Å². The van der Waals surface area contributed by atoms with Crippen LogP contribution in [0.15, 0.2) is 46.9 Å². The number of nitrogens with zero attached hydrogens (tertiary/aromatic N) is 2. The molecule has 2 aromatic rings. The van der Waals surface area contributed by atoms with E-state index < -0.39 is 5.82 Å². The van der Waals surface area contributed by atoms with Crippen molar-refractivity contribution >= 4 is 33.4 Å². The second-order valence-corrected chi connectivity index (χ2v) is 7.50. The molecule has 138 valence electrons. The first-order valence-electron chi connectivity index (χ1n) is 8.34. The smallest absolute Gasteiger partial charge is 0.260 e. The fraction of sp³-hybridized carbons (Fsp3) is 0.316. The van der Waals surface area contributed by atoms with Crippen molar-refractivity contribution in [2.45, 2.75) is 6.54 Å². The molecule has 3 rings (SSSR count). The first-order valence-corrected chi connectivity index (χ1v) is 9.51. The number of ether oxygens (including phenoxy) is 1. The topological polar surface area (TPSA) is 32.8 Å². The lowest BCUT2D eigenvalue weighted by atomic mass is 10.2. The van der Waals surface area contributed by atoms with Crippen LogP contribution in [-0.4, -0.2) is 48.5 Å². The van der Waals surface area contributed by atoms with Crippen LogP contribution in [-0.2, 0) is 11.3 Å². The number of amides is 1. The van der Waals surface area contributed by atoms with E-state index in [1.165, 1.54) is 17.7 Å². The molecule has 1 aliphatic rings. The molecule has 2 aromatic carbocycles. The van der Waals surface area contributed by atoms with Crippen LogP contribution in [0.2, 0.25) is 5.02 Å². The molecule has 0 spiro atoms. The number of carbonyl (C=O) groups excluding carboxylic acids is 1. The first-order chi connectivity index (χ1) is 12.5. The summed E-state index contributed by atoms with van der Waals surface area (Å²) in [6.07, 6.45) is 0. The summed E-state index contributed by atoms with van der Waals surface area (Å²) in [5.41, 5.74) is 1.20. The summed E-state index contributed by atoms with van der Waals surface area (Å²) in [6, 6.07) is 12.3. The van der Waals surface area contributed by atoms with Crippen molar-refractivity contribution in [2.75, 3.05) is 32.8 Å². The standard InChI is InChI=1S/C19H19BrClFN2O2/c20-15-3-6-18(17(22)11-15)26-13-19(25)24-9-7-23(8-10-24)12-14-1-4-16(21)5-2-14/h1-6,11H,7-10,12-13H2. The minimum absolute atomic E-state index is 0.0860. The van der Waals surface area contributed by atoms with Gasteiger partial charge in [0, 0.05) is 42.2 Å². The lowest BCUT2D eigenvalue weighted by molar-refractivity contribution is -0.135. The van der Waals surface area contributed by atoms with Gasteiger partial charge in [-0.2, -0.15) is 0 Å². The number of carbonyl (C=O) groups is 1. The molecule has 0 N–H and O–H groups in total. The highest BCUT2D eigenvalue weighted by Crippen LogP contribution is 2.21. The lowest BCUT2D eigenvalue weighted by Gasteiger charge is -2.34. The maximum atomic E-state index is 13.7. The summed E-state index contributed by atoms with van der Waals surface area (Å²) >= 11 is 9.09. The summed E-state index contributed by atoms with van der Waals surface area (Å²) in [4.78, 5) is 16.3. The predicted molar refractivity (Wildman–Crippen MR) is 103 cm³/mol. The normalized spacial score (nSPS) is 15.1. The number of piperazine rings is 1. The monoisotopic (exact) mass is 440 g/mol. The van der Waals surface area contributed by atoms with Crippen molar-refractivity contribution in [3.8, 4) is 5.75 Å². The Morgan fingerprint density at radius 1 is 1.12 bits per heavy atom. The minimum Gasteiger partial charge on any atom is -0.481 e. The van der Waals surface area contributed by atoms with Gasteiger partial charge in [-0.1, -0.05) is 39.7 Å². The van der Waals surface area contributed by atoms with E-state index in [4.69, 9.17) is 16.3 Å². The van der Waals surface area contributed by atoms with Gasteiger partial charge in [-0.15, -0.1) is 0 Å². The molecule has 1 aliphatic heterocycles. The fourth-order valence-corrected chi connectivity index (χ4v) is 3.29. The van der Waals surface area contributed by atoms with Crippen LogP contribution in [0.1, 0.15) is 5.56 Å². The Morgan fingerprint density at radius 3 is 2.46 bits per heavy atom. The molecule has 0 aromatic heterocycles. The van der Waals surface area contributed by atoms with E-state index in [-0.39, 0.29) is 18.3 Å². The summed E-state index contributed by atoms with van der Waals surface area (Å²) in [7, 11) is 0. The van der Waals surface area contributed by atoms with Crippen LogP contribution in [0.5, 0.6) is 5.75 Å². The van der Waals surface area contributed by atoms with Crippen LogP contribution in [0, 0.1) is 5.82 Å². The van der Waals surface area contributed by atoms with E-state index in [1.807, 2.05) is 24.3 Å². The number of hydrogen-bond acceptors (Lipinski definition) is 3. The van der Waals surface area contributed by atoms with Crippen molar-refractivity contribution in [3.05, 3.63) is 63.3 Å². The molecule has 0 aliphatic carbocycles. The van der Waals surface area contributed by atoms with Gasteiger partial charge in [-0.25, -0.2) is 4.39 Å². The SMILES string of the molecule is O=C(COc1ccc(Br)cc1F)N1CCN(Cc2ccc(Cl)cc2)CC1. The largest absolute Gasteiger partial charge is 0.481 e. The zero-order chi connectivity index (χ0) is 18.5. The highest BCUT2D eigenvalue weighted by atomic mass is 79.9. The summed E-state index contributed by atoms with van der Waals surface area (Å²) in [6.45, 7) is 3.54. The van der Waals surface area contributed by atoms with Crippen LogP contribution < -0.4 is 4.74 Å². The second-order valence-electron chi connectivity index (χ2n) is 6.15. The van der Waals surface area contributed by atoms with Gasteiger partial charge in [0.15, 0.2) is 18.2 Å². The average molecular weight is 442 g/mol. The summed E-state index contributed by atoms with van der Waals surface area (Å²) in [5.74, 6) is -0.527. The average Bonchev–Trinajstić information content (AvgIpc) is 2.63. The van der Waals surface area contributed by atoms with Gasteiger partial charge in [0.25, 0.3) is 5.91 Å². The molecule has 4 nitrogen and oxygen atoms in total. The number of rotatable bonds is 5. The Morgan fingerprint density at radius 2 is 1.81 bits per heavy atom. The molecule has 0 unspecified atom stereocenters. The van der Waals surface area contributed by atoms with E-state index in [0.717, 1.165) is 24.7 Å². The van der Waals surface area contributed by atoms with Crippen molar-refractivity contribution in [2.24, 2.45) is 0 Å². The Bertz CT molecular complexity index is 765. The molecular weight excluding hydrogens is 423 g/mol. The summed E-state index contributed by atoms with van der Waals surface area (Å²) < 4.78 is 19.7. The highest BCUT2D eigenvalue weighted by Gasteiger charge is 2.21. The van der Waals surface area contributed by atoms with Gasteiger partial charge in [-0.05, 0) is 35.9 Å². The maximum Gasteiger partial charge on any atom is 0.260 e. The third kappa shape index (κ3) is 5.19. The van der Waals surface area contributed by atoms with Crippen molar-refractivity contribution in [1.29, 1.82) is 0 Å². The Labute approximate surface area is 165 Å². The molecule has 0 saturated carbocycles. The highest BCUT2D eigenvalue weighted by molar-refractivity contribution is 9.10. The molecule has 1 heterocycles. The molecule has 0 radical (unpaired) electrons. The molecule has 7 heteroatoms. The molecule has 0 bridgehead atoms. The number of benzene rings is 2. The van der Waals surface area contributed by atoms with E-state index >= 15 is 0 Å². The van der Waals surface area contributed by atoms with Gasteiger partial charge in [-0.3, -0.25) is 9.69 Å². The molecule has 0 atom stereocenters. The molecular formula is C19H19BrClFN2O2. The molecule has 1 saturated heterocycles. The van der Waals surface area contributed by atoms with Crippen LogP contribution in [0.3, 0.4) is 0 Å². The van der Waals surface area contributed by atoms with Gasteiger partial charge in [0.05, 0.1) is 0 Å². The van der Waals surface area contributed by atoms with Crippen molar-refractivity contribution in [1.82, 2.24) is 9.80 Å². The van der Waals surface area contributed by atoms with Crippen LogP contribution in [0.4, 0.5) is 4.39 Å². The first kappa shape index (κ1) is 19.1. The van der Waals surface area contributed by atoms with Crippen LogP contribution in [0.25, 0.3) is 0 Å². The fourth-order valence-electron chi connectivity index (χ4n) is 2.83. The maximum absolute atomic E-state index is 13.7.